The SMILES string of the molecule is CCOCCC(=O)N1CCN(Cc2cnn(CC)c2)[C@@H]2CS(=O)(=O)C[C@@H]21. The Hall–Kier alpha value is -1.45. The fraction of sp³-hybridized carbons (Fsp3) is 0.765. The van der Waals surface area contributed by atoms with Crippen molar-refractivity contribution < 1.29 is 17.9 Å². The van der Waals surface area contributed by atoms with Gasteiger partial charge in [-0.2, -0.15) is 5.10 Å². The molecular formula is C17H28N4O4S. The highest BCUT2D eigenvalue weighted by Gasteiger charge is 2.47. The molecule has 0 aromatic carbocycles. The molecule has 146 valence electrons. The second kappa shape index (κ2) is 8.06. The molecule has 9 heteroatoms. The molecule has 0 radical (unpaired) electrons. The number of fused-ring (bicyclic) bond motifs is 1. The smallest absolute Gasteiger partial charge is 0.225 e. The van der Waals surface area contributed by atoms with Crippen LogP contribution in [-0.4, -0.2) is 83.8 Å². The van der Waals surface area contributed by atoms with Gasteiger partial charge in [-0.25, -0.2) is 8.42 Å². The molecule has 0 spiro atoms. The summed E-state index contributed by atoms with van der Waals surface area (Å²) in [5.41, 5.74) is 1.08. The molecule has 2 atom stereocenters. The van der Waals surface area contributed by atoms with E-state index < -0.39 is 9.84 Å². The molecule has 3 heterocycles. The fourth-order valence-corrected chi connectivity index (χ4v) is 5.89. The van der Waals surface area contributed by atoms with Crippen molar-refractivity contribution in [3.63, 3.8) is 0 Å². The lowest BCUT2D eigenvalue weighted by Crippen LogP contribution is -2.60. The minimum absolute atomic E-state index is 0.0102. The number of amides is 1. The summed E-state index contributed by atoms with van der Waals surface area (Å²) in [7, 11) is -3.13. The number of carbonyl (C=O) groups excluding carboxylic acids is 1. The van der Waals surface area contributed by atoms with Crippen molar-refractivity contribution in [1.29, 1.82) is 0 Å². The standard InChI is InChI=1S/C17H28N4O4S/c1-3-20-11-14(9-18-20)10-19-6-7-21(17(22)5-8-25-4-2)16-13-26(23,24)12-15(16)19/h9,11,15-16H,3-8,10,12-13H2,1-2H3/t15-,16+/m1/s1. The minimum atomic E-state index is -3.13. The maximum atomic E-state index is 12.6. The van der Waals surface area contributed by atoms with Gasteiger partial charge in [-0.15, -0.1) is 0 Å². The quantitative estimate of drug-likeness (QED) is 0.622. The van der Waals surface area contributed by atoms with Crippen LogP contribution >= 0.6 is 0 Å². The van der Waals surface area contributed by atoms with Crippen LogP contribution in [0.15, 0.2) is 12.4 Å². The monoisotopic (exact) mass is 384 g/mol. The number of hydrogen-bond donors (Lipinski definition) is 0. The molecule has 8 nitrogen and oxygen atoms in total. The van der Waals surface area contributed by atoms with Gasteiger partial charge in [-0.05, 0) is 13.8 Å². The summed E-state index contributed by atoms with van der Waals surface area (Å²) in [5, 5.41) is 4.29. The van der Waals surface area contributed by atoms with Crippen molar-refractivity contribution in [3.8, 4) is 0 Å². The van der Waals surface area contributed by atoms with Gasteiger partial charge >= 0.3 is 0 Å². The van der Waals surface area contributed by atoms with Gasteiger partial charge in [0.2, 0.25) is 5.91 Å². The summed E-state index contributed by atoms with van der Waals surface area (Å²) in [6.07, 6.45) is 4.14. The number of rotatable bonds is 7. The highest BCUT2D eigenvalue weighted by Crippen LogP contribution is 2.28. The topological polar surface area (TPSA) is 84.7 Å². The summed E-state index contributed by atoms with van der Waals surface area (Å²) in [6, 6.07) is -0.404. The third-order valence-corrected chi connectivity index (χ3v) is 6.87. The van der Waals surface area contributed by atoms with Crippen molar-refractivity contribution in [1.82, 2.24) is 19.6 Å². The first-order valence-electron chi connectivity index (χ1n) is 9.26. The van der Waals surface area contributed by atoms with Gasteiger partial charge in [0.15, 0.2) is 9.84 Å². The average Bonchev–Trinajstić information content (AvgIpc) is 3.18. The van der Waals surface area contributed by atoms with E-state index in [1.807, 2.05) is 30.9 Å². The predicted molar refractivity (Wildman–Crippen MR) is 97.4 cm³/mol. The third kappa shape index (κ3) is 4.27. The Balaban J connectivity index is 1.71. The first-order valence-corrected chi connectivity index (χ1v) is 11.1. The summed E-state index contributed by atoms with van der Waals surface area (Å²) < 4.78 is 31.7. The molecule has 1 aromatic rings. The molecule has 2 aliphatic rings. The molecule has 0 unspecified atom stereocenters. The Morgan fingerprint density at radius 3 is 2.73 bits per heavy atom. The fourth-order valence-electron chi connectivity index (χ4n) is 3.87. The van der Waals surface area contributed by atoms with Gasteiger partial charge in [-0.3, -0.25) is 14.4 Å². The van der Waals surface area contributed by atoms with Crippen LogP contribution in [0.1, 0.15) is 25.8 Å². The predicted octanol–water partition coefficient (Wildman–Crippen LogP) is 0.139. The summed E-state index contributed by atoms with van der Waals surface area (Å²) >= 11 is 0. The van der Waals surface area contributed by atoms with Gasteiger partial charge < -0.3 is 9.64 Å². The first-order chi connectivity index (χ1) is 12.4. The van der Waals surface area contributed by atoms with E-state index in [0.717, 1.165) is 12.1 Å². The molecule has 0 saturated carbocycles. The van der Waals surface area contributed by atoms with E-state index in [9.17, 15) is 13.2 Å². The maximum Gasteiger partial charge on any atom is 0.225 e. The molecule has 3 rings (SSSR count). The number of hydrogen-bond acceptors (Lipinski definition) is 6. The van der Waals surface area contributed by atoms with Crippen LogP contribution in [0, 0.1) is 0 Å². The molecule has 0 aliphatic carbocycles. The Morgan fingerprint density at radius 1 is 1.27 bits per heavy atom. The zero-order valence-electron chi connectivity index (χ0n) is 15.5. The number of aryl methyl sites for hydroxylation is 1. The largest absolute Gasteiger partial charge is 0.381 e. The molecule has 2 fully saturated rings. The van der Waals surface area contributed by atoms with Crippen molar-refractivity contribution in [3.05, 3.63) is 18.0 Å². The lowest BCUT2D eigenvalue weighted by molar-refractivity contribution is -0.138. The molecule has 0 bridgehead atoms. The second-order valence-electron chi connectivity index (χ2n) is 6.92. The second-order valence-corrected chi connectivity index (χ2v) is 9.07. The van der Waals surface area contributed by atoms with E-state index in [0.29, 0.717) is 39.3 Å². The van der Waals surface area contributed by atoms with Crippen LogP contribution < -0.4 is 0 Å². The minimum Gasteiger partial charge on any atom is -0.381 e. The van der Waals surface area contributed by atoms with Crippen LogP contribution in [0.5, 0.6) is 0 Å². The summed E-state index contributed by atoms with van der Waals surface area (Å²) in [5.74, 6) is 0.168. The molecule has 2 saturated heterocycles. The van der Waals surface area contributed by atoms with Gasteiger partial charge in [0.1, 0.15) is 0 Å². The normalized spacial score (nSPS) is 25.4. The Kier molecular flexibility index (Phi) is 5.99. The van der Waals surface area contributed by atoms with E-state index in [1.54, 1.807) is 4.90 Å². The number of aromatic nitrogens is 2. The van der Waals surface area contributed by atoms with Crippen LogP contribution in [0.3, 0.4) is 0 Å². The molecule has 26 heavy (non-hydrogen) atoms. The lowest BCUT2D eigenvalue weighted by atomic mass is 10.0. The molecule has 1 amide bonds. The van der Waals surface area contributed by atoms with Crippen molar-refractivity contribution >= 4 is 15.7 Å². The molecular weight excluding hydrogens is 356 g/mol. The van der Waals surface area contributed by atoms with Crippen molar-refractivity contribution in [2.24, 2.45) is 0 Å². The van der Waals surface area contributed by atoms with Gasteiger partial charge in [0.25, 0.3) is 0 Å². The number of ether oxygens (including phenoxy) is 1. The van der Waals surface area contributed by atoms with E-state index in [1.165, 1.54) is 0 Å². The zero-order valence-corrected chi connectivity index (χ0v) is 16.3. The van der Waals surface area contributed by atoms with E-state index >= 15 is 0 Å². The number of piperazine rings is 1. The highest BCUT2D eigenvalue weighted by molar-refractivity contribution is 7.91. The molecule has 2 aliphatic heterocycles. The van der Waals surface area contributed by atoms with E-state index in [2.05, 4.69) is 10.00 Å². The molecule has 0 N–H and O–H groups in total. The zero-order chi connectivity index (χ0) is 18.7. The van der Waals surface area contributed by atoms with E-state index in [4.69, 9.17) is 4.74 Å². The average molecular weight is 385 g/mol. The van der Waals surface area contributed by atoms with Crippen molar-refractivity contribution in [2.75, 3.05) is 37.8 Å². The first kappa shape index (κ1) is 19.3. The van der Waals surface area contributed by atoms with Crippen LogP contribution in [0.2, 0.25) is 0 Å². The lowest BCUT2D eigenvalue weighted by Gasteiger charge is -2.43. The third-order valence-electron chi connectivity index (χ3n) is 5.17. The van der Waals surface area contributed by atoms with E-state index in [-0.39, 0.29) is 29.5 Å². The van der Waals surface area contributed by atoms with Crippen LogP contribution in [-0.2, 0) is 32.5 Å². The highest BCUT2D eigenvalue weighted by atomic mass is 32.2. The van der Waals surface area contributed by atoms with Crippen LogP contribution in [0.4, 0.5) is 0 Å². The summed E-state index contributed by atoms with van der Waals surface area (Å²) in [4.78, 5) is 16.5. The number of nitrogens with zero attached hydrogens (tertiary/aromatic N) is 4. The maximum absolute atomic E-state index is 12.6. The van der Waals surface area contributed by atoms with Gasteiger partial charge in [0.05, 0.1) is 36.8 Å². The van der Waals surface area contributed by atoms with Crippen molar-refractivity contribution in [2.45, 2.75) is 45.4 Å². The van der Waals surface area contributed by atoms with Crippen LogP contribution in [0.25, 0.3) is 0 Å². The van der Waals surface area contributed by atoms with Gasteiger partial charge in [-0.1, -0.05) is 0 Å². The van der Waals surface area contributed by atoms with Gasteiger partial charge in [0, 0.05) is 50.6 Å². The Bertz CT molecular complexity index is 733. The molecule has 1 aromatic heterocycles. The summed E-state index contributed by atoms with van der Waals surface area (Å²) in [6.45, 7) is 7.59. The number of sulfone groups is 1. The number of carbonyl (C=O) groups is 1. The Labute approximate surface area is 155 Å². The Morgan fingerprint density at radius 2 is 2.04 bits per heavy atom.